The Hall–Kier alpha value is -3.60. The van der Waals surface area contributed by atoms with Gasteiger partial charge in [-0.25, -0.2) is 4.98 Å². The van der Waals surface area contributed by atoms with Crippen molar-refractivity contribution in [3.63, 3.8) is 0 Å². The third-order valence-corrected chi connectivity index (χ3v) is 4.73. The first-order valence-electron chi connectivity index (χ1n) is 9.58. The number of carbonyl (C=O) groups excluding carboxylic acids is 1. The highest BCUT2D eigenvalue weighted by atomic mass is 16.5. The van der Waals surface area contributed by atoms with Gasteiger partial charge in [-0.15, -0.1) is 0 Å². The molecule has 5 heteroatoms. The zero-order valence-electron chi connectivity index (χ0n) is 16.6. The summed E-state index contributed by atoms with van der Waals surface area (Å²) in [7, 11) is 0. The van der Waals surface area contributed by atoms with Crippen molar-refractivity contribution in [2.45, 2.75) is 27.0 Å². The van der Waals surface area contributed by atoms with E-state index in [0.717, 1.165) is 28.0 Å². The predicted octanol–water partition coefficient (Wildman–Crippen LogP) is 4.87. The normalized spacial score (nSPS) is 10.8. The third kappa shape index (κ3) is 4.46. The molecule has 4 aromatic rings. The summed E-state index contributed by atoms with van der Waals surface area (Å²) >= 11 is 0. The van der Waals surface area contributed by atoms with Crippen LogP contribution in [0.15, 0.2) is 72.8 Å². The molecule has 0 fully saturated rings. The van der Waals surface area contributed by atoms with Crippen molar-refractivity contribution in [1.29, 1.82) is 0 Å². The first-order chi connectivity index (χ1) is 14.1. The van der Waals surface area contributed by atoms with Gasteiger partial charge in [0.05, 0.1) is 11.0 Å². The molecule has 0 radical (unpaired) electrons. The summed E-state index contributed by atoms with van der Waals surface area (Å²) in [4.78, 5) is 17.4. The molecule has 0 bridgehead atoms. The van der Waals surface area contributed by atoms with Crippen molar-refractivity contribution in [2.24, 2.45) is 0 Å². The molecule has 4 rings (SSSR count). The number of rotatable bonds is 6. The summed E-state index contributed by atoms with van der Waals surface area (Å²) in [6.45, 7) is 4.49. The summed E-state index contributed by atoms with van der Waals surface area (Å²) in [5.41, 5.74) is 4.82. The SMILES string of the molecule is Cc1ccc(OCc2nc3ccccc3n2CC(=O)Nc2cccc(C)c2)cc1. The number of para-hydroxylation sites is 2. The molecular weight excluding hydrogens is 362 g/mol. The molecule has 0 aliphatic carbocycles. The number of aryl methyl sites for hydroxylation is 2. The molecule has 1 amide bonds. The van der Waals surface area contributed by atoms with Gasteiger partial charge in [-0.3, -0.25) is 4.79 Å². The van der Waals surface area contributed by atoms with Crippen molar-refractivity contribution in [1.82, 2.24) is 9.55 Å². The third-order valence-electron chi connectivity index (χ3n) is 4.73. The Labute approximate surface area is 170 Å². The molecule has 0 spiro atoms. The molecule has 5 nitrogen and oxygen atoms in total. The number of hydrogen-bond donors (Lipinski definition) is 1. The maximum Gasteiger partial charge on any atom is 0.244 e. The molecule has 0 unspecified atom stereocenters. The summed E-state index contributed by atoms with van der Waals surface area (Å²) in [6.07, 6.45) is 0. The molecule has 0 aliphatic heterocycles. The van der Waals surface area contributed by atoms with Crippen LogP contribution < -0.4 is 10.1 Å². The topological polar surface area (TPSA) is 56.2 Å². The van der Waals surface area contributed by atoms with Gasteiger partial charge < -0.3 is 14.6 Å². The van der Waals surface area contributed by atoms with E-state index in [-0.39, 0.29) is 19.1 Å². The zero-order valence-corrected chi connectivity index (χ0v) is 16.6. The van der Waals surface area contributed by atoms with Crippen LogP contribution in [0.3, 0.4) is 0 Å². The zero-order chi connectivity index (χ0) is 20.2. The van der Waals surface area contributed by atoms with Crippen molar-refractivity contribution < 1.29 is 9.53 Å². The quantitative estimate of drug-likeness (QED) is 0.515. The fraction of sp³-hybridized carbons (Fsp3) is 0.167. The van der Waals surface area contributed by atoms with Gasteiger partial charge in [-0.2, -0.15) is 0 Å². The lowest BCUT2D eigenvalue weighted by molar-refractivity contribution is -0.116. The van der Waals surface area contributed by atoms with Gasteiger partial charge >= 0.3 is 0 Å². The van der Waals surface area contributed by atoms with Crippen LogP contribution >= 0.6 is 0 Å². The minimum absolute atomic E-state index is 0.102. The van der Waals surface area contributed by atoms with E-state index in [9.17, 15) is 4.79 Å². The average Bonchev–Trinajstić information content (AvgIpc) is 3.05. The number of nitrogens with zero attached hydrogens (tertiary/aromatic N) is 2. The molecular formula is C24H23N3O2. The van der Waals surface area contributed by atoms with Gasteiger partial charge in [0, 0.05) is 5.69 Å². The molecule has 1 N–H and O–H groups in total. The van der Waals surface area contributed by atoms with Crippen molar-refractivity contribution >= 4 is 22.6 Å². The number of nitrogens with one attached hydrogen (secondary N) is 1. The Bertz CT molecular complexity index is 1150. The second-order valence-corrected chi connectivity index (χ2v) is 7.12. The Morgan fingerprint density at radius 1 is 0.966 bits per heavy atom. The molecule has 1 aromatic heterocycles. The summed E-state index contributed by atoms with van der Waals surface area (Å²) in [5.74, 6) is 1.39. The van der Waals surface area contributed by atoms with Crippen LogP contribution in [0.1, 0.15) is 17.0 Å². The Kier molecular flexibility index (Phi) is 5.29. The number of amides is 1. The molecule has 3 aromatic carbocycles. The molecule has 0 aliphatic rings. The maximum atomic E-state index is 12.7. The van der Waals surface area contributed by atoms with Crippen molar-refractivity contribution in [3.8, 4) is 5.75 Å². The minimum atomic E-state index is -0.102. The van der Waals surface area contributed by atoms with E-state index in [1.807, 2.05) is 91.2 Å². The highest BCUT2D eigenvalue weighted by Gasteiger charge is 2.14. The van der Waals surface area contributed by atoms with Crippen LogP contribution in [-0.4, -0.2) is 15.5 Å². The second kappa shape index (κ2) is 8.19. The monoisotopic (exact) mass is 385 g/mol. The van der Waals surface area contributed by atoms with Gasteiger partial charge in [-0.1, -0.05) is 42.0 Å². The summed E-state index contributed by atoms with van der Waals surface area (Å²) in [6, 6.07) is 23.5. The summed E-state index contributed by atoms with van der Waals surface area (Å²) < 4.78 is 7.83. The van der Waals surface area contributed by atoms with E-state index in [0.29, 0.717) is 5.82 Å². The van der Waals surface area contributed by atoms with Crippen LogP contribution in [0.5, 0.6) is 5.75 Å². The number of benzene rings is 3. The van der Waals surface area contributed by atoms with E-state index in [1.165, 1.54) is 5.56 Å². The van der Waals surface area contributed by atoms with E-state index in [1.54, 1.807) is 0 Å². The maximum absolute atomic E-state index is 12.7. The van der Waals surface area contributed by atoms with Crippen LogP contribution in [-0.2, 0) is 17.9 Å². The standard InChI is InChI=1S/C24H23N3O2/c1-17-10-12-20(13-11-17)29-16-23-26-21-8-3-4-9-22(21)27(23)15-24(28)25-19-7-5-6-18(2)14-19/h3-14H,15-16H2,1-2H3,(H,25,28). The Balaban J connectivity index is 1.56. The van der Waals surface area contributed by atoms with E-state index in [4.69, 9.17) is 4.74 Å². The lowest BCUT2D eigenvalue weighted by Crippen LogP contribution is -2.20. The molecule has 0 saturated carbocycles. The largest absolute Gasteiger partial charge is 0.486 e. The first-order valence-corrected chi connectivity index (χ1v) is 9.58. The number of imidazole rings is 1. The number of anilines is 1. The van der Waals surface area contributed by atoms with Crippen molar-refractivity contribution in [2.75, 3.05) is 5.32 Å². The van der Waals surface area contributed by atoms with E-state index < -0.39 is 0 Å². The lowest BCUT2D eigenvalue weighted by Gasteiger charge is -2.11. The smallest absolute Gasteiger partial charge is 0.244 e. The van der Waals surface area contributed by atoms with Gasteiger partial charge in [0.15, 0.2) is 0 Å². The van der Waals surface area contributed by atoms with Gasteiger partial charge in [-0.05, 0) is 55.8 Å². The fourth-order valence-corrected chi connectivity index (χ4v) is 3.26. The number of aromatic nitrogens is 2. The Morgan fingerprint density at radius 3 is 2.55 bits per heavy atom. The fourth-order valence-electron chi connectivity index (χ4n) is 3.26. The molecule has 29 heavy (non-hydrogen) atoms. The highest BCUT2D eigenvalue weighted by Crippen LogP contribution is 2.19. The highest BCUT2D eigenvalue weighted by molar-refractivity contribution is 5.91. The second-order valence-electron chi connectivity index (χ2n) is 7.12. The average molecular weight is 385 g/mol. The minimum Gasteiger partial charge on any atom is -0.486 e. The predicted molar refractivity (Wildman–Crippen MR) is 115 cm³/mol. The van der Waals surface area contributed by atoms with Crippen LogP contribution in [0.4, 0.5) is 5.69 Å². The molecule has 0 saturated heterocycles. The molecule has 1 heterocycles. The number of ether oxygens (including phenoxy) is 1. The van der Waals surface area contributed by atoms with Gasteiger partial charge in [0.25, 0.3) is 0 Å². The summed E-state index contributed by atoms with van der Waals surface area (Å²) in [5, 5.41) is 2.96. The number of hydrogen-bond acceptors (Lipinski definition) is 3. The van der Waals surface area contributed by atoms with Crippen LogP contribution in [0.25, 0.3) is 11.0 Å². The molecule has 0 atom stereocenters. The first kappa shape index (κ1) is 18.7. The lowest BCUT2D eigenvalue weighted by atomic mass is 10.2. The number of fused-ring (bicyclic) bond motifs is 1. The van der Waals surface area contributed by atoms with Crippen molar-refractivity contribution in [3.05, 3.63) is 89.7 Å². The van der Waals surface area contributed by atoms with E-state index >= 15 is 0 Å². The Morgan fingerprint density at radius 2 is 1.76 bits per heavy atom. The number of carbonyl (C=O) groups is 1. The van der Waals surface area contributed by atoms with Gasteiger partial charge in [0.1, 0.15) is 24.7 Å². The van der Waals surface area contributed by atoms with Crippen LogP contribution in [0.2, 0.25) is 0 Å². The van der Waals surface area contributed by atoms with Crippen LogP contribution in [0, 0.1) is 13.8 Å². The van der Waals surface area contributed by atoms with E-state index in [2.05, 4.69) is 10.3 Å². The van der Waals surface area contributed by atoms with Gasteiger partial charge in [0.2, 0.25) is 5.91 Å². The molecule has 146 valence electrons.